The third-order valence-corrected chi connectivity index (χ3v) is 6.36. The van der Waals surface area contributed by atoms with E-state index in [1.54, 1.807) is 12.1 Å². The number of likely N-dealkylation sites (N-methyl/N-ethyl adjacent to an activating group) is 1. The number of hydrogen-bond donors (Lipinski definition) is 1. The highest BCUT2D eigenvalue weighted by atomic mass is 16.3. The van der Waals surface area contributed by atoms with Crippen molar-refractivity contribution in [3.05, 3.63) is 29.8 Å². The third kappa shape index (κ3) is 4.97. The summed E-state index contributed by atoms with van der Waals surface area (Å²) in [5.74, 6) is 1.28. The van der Waals surface area contributed by atoms with Crippen molar-refractivity contribution in [2.24, 2.45) is 11.8 Å². The Balaban J connectivity index is 1.82. The Morgan fingerprint density at radius 2 is 1.63 bits per heavy atom. The Hall–Kier alpha value is -2.08. The van der Waals surface area contributed by atoms with Gasteiger partial charge in [-0.25, -0.2) is 0 Å². The van der Waals surface area contributed by atoms with Crippen molar-refractivity contribution in [3.63, 3.8) is 0 Å². The summed E-state index contributed by atoms with van der Waals surface area (Å²) in [5.41, 5.74) is 1.01. The Kier molecular flexibility index (Phi) is 7.06. The van der Waals surface area contributed by atoms with Gasteiger partial charge >= 0.3 is 0 Å². The summed E-state index contributed by atoms with van der Waals surface area (Å²) in [6.45, 7) is 10.8. The first-order valence-electron chi connectivity index (χ1n) is 11.3. The lowest BCUT2D eigenvalue weighted by molar-refractivity contribution is -0.166. The van der Waals surface area contributed by atoms with E-state index in [1.807, 2.05) is 29.0 Å². The van der Waals surface area contributed by atoms with E-state index in [2.05, 4.69) is 32.6 Å². The smallest absolute Gasteiger partial charge is 0.245 e. The second kappa shape index (κ2) is 9.38. The number of aromatic hydroxyl groups is 1. The van der Waals surface area contributed by atoms with E-state index >= 15 is 0 Å². The molecule has 1 aromatic carbocycles. The van der Waals surface area contributed by atoms with E-state index in [-0.39, 0.29) is 35.7 Å². The summed E-state index contributed by atoms with van der Waals surface area (Å²) in [6.07, 6.45) is 2.27. The van der Waals surface area contributed by atoms with Gasteiger partial charge in [0.25, 0.3) is 0 Å². The van der Waals surface area contributed by atoms with Gasteiger partial charge in [0.05, 0.1) is 12.1 Å². The zero-order valence-electron chi connectivity index (χ0n) is 19.0. The van der Waals surface area contributed by atoms with E-state index < -0.39 is 0 Å². The first kappa shape index (κ1) is 22.6. The maximum atomic E-state index is 13.6. The zero-order valence-corrected chi connectivity index (χ0v) is 19.0. The molecule has 0 radical (unpaired) electrons. The van der Waals surface area contributed by atoms with E-state index in [1.165, 1.54) is 0 Å². The number of carbonyl (C=O) groups excluding carboxylic acids is 2. The van der Waals surface area contributed by atoms with Gasteiger partial charge in [-0.05, 0) is 55.8 Å². The minimum atomic E-state index is -0.362. The molecule has 1 aromatic rings. The van der Waals surface area contributed by atoms with Crippen LogP contribution in [0.1, 0.15) is 46.1 Å². The van der Waals surface area contributed by atoms with Crippen LogP contribution in [-0.4, -0.2) is 76.4 Å². The number of hydrogen-bond acceptors (Lipinski definition) is 4. The molecule has 0 unspecified atom stereocenters. The van der Waals surface area contributed by atoms with Crippen LogP contribution in [0.5, 0.6) is 5.75 Å². The molecule has 2 heterocycles. The maximum Gasteiger partial charge on any atom is 0.245 e. The first-order valence-corrected chi connectivity index (χ1v) is 11.3. The second-order valence-corrected chi connectivity index (χ2v) is 9.84. The van der Waals surface area contributed by atoms with Gasteiger partial charge in [-0.2, -0.15) is 0 Å². The quantitative estimate of drug-likeness (QED) is 0.744. The molecule has 2 aliphatic heterocycles. The monoisotopic (exact) mass is 415 g/mol. The van der Waals surface area contributed by atoms with Crippen LogP contribution >= 0.6 is 0 Å². The molecule has 0 aliphatic carbocycles. The van der Waals surface area contributed by atoms with Gasteiger partial charge in [0.15, 0.2) is 0 Å². The number of amides is 2. The Morgan fingerprint density at radius 1 is 0.967 bits per heavy atom. The van der Waals surface area contributed by atoms with E-state index in [0.29, 0.717) is 31.2 Å². The van der Waals surface area contributed by atoms with E-state index in [9.17, 15) is 14.7 Å². The summed E-state index contributed by atoms with van der Waals surface area (Å²) in [4.78, 5) is 33.0. The van der Waals surface area contributed by atoms with Crippen molar-refractivity contribution in [2.45, 2.75) is 65.1 Å². The fourth-order valence-electron chi connectivity index (χ4n) is 4.69. The number of carbonyl (C=O) groups is 2. The highest BCUT2D eigenvalue weighted by Crippen LogP contribution is 2.29. The van der Waals surface area contributed by atoms with Crippen molar-refractivity contribution in [1.29, 1.82) is 0 Å². The second-order valence-electron chi connectivity index (χ2n) is 9.84. The van der Waals surface area contributed by atoms with E-state index in [0.717, 1.165) is 25.1 Å². The summed E-state index contributed by atoms with van der Waals surface area (Å²) in [5, 5.41) is 9.54. The molecule has 0 aromatic heterocycles. The fourth-order valence-corrected chi connectivity index (χ4v) is 4.69. The lowest BCUT2D eigenvalue weighted by atomic mass is 9.91. The number of phenols is 1. The average molecular weight is 416 g/mol. The zero-order chi connectivity index (χ0) is 22.0. The maximum absolute atomic E-state index is 13.6. The van der Waals surface area contributed by atoms with Gasteiger partial charge in [0, 0.05) is 19.6 Å². The predicted octanol–water partition coefficient (Wildman–Crippen LogP) is 2.75. The van der Waals surface area contributed by atoms with Crippen molar-refractivity contribution >= 4 is 11.8 Å². The molecule has 166 valence electrons. The first-order chi connectivity index (χ1) is 14.2. The molecule has 30 heavy (non-hydrogen) atoms. The van der Waals surface area contributed by atoms with Crippen molar-refractivity contribution in [1.82, 2.24) is 14.7 Å². The Bertz CT molecular complexity index is 747. The summed E-state index contributed by atoms with van der Waals surface area (Å²) < 4.78 is 0. The molecular formula is C24H37N3O3. The summed E-state index contributed by atoms with van der Waals surface area (Å²) in [6, 6.07) is 6.45. The van der Waals surface area contributed by atoms with Gasteiger partial charge in [0.1, 0.15) is 11.8 Å². The minimum absolute atomic E-state index is 0.0483. The molecule has 6 nitrogen and oxygen atoms in total. The molecule has 3 rings (SSSR count). The molecule has 0 spiro atoms. The lowest BCUT2D eigenvalue weighted by Gasteiger charge is -2.52. The van der Waals surface area contributed by atoms with Crippen molar-refractivity contribution in [2.75, 3.05) is 26.7 Å². The normalized spacial score (nSPS) is 25.4. The fraction of sp³-hybridized carbons (Fsp3) is 0.667. The number of nitrogens with zero attached hydrogens (tertiary/aromatic N) is 3. The van der Waals surface area contributed by atoms with Crippen molar-refractivity contribution in [3.8, 4) is 5.75 Å². The van der Waals surface area contributed by atoms with Crippen LogP contribution in [-0.2, 0) is 16.0 Å². The highest BCUT2D eigenvalue weighted by Gasteiger charge is 2.48. The van der Waals surface area contributed by atoms with Gasteiger partial charge in [-0.1, -0.05) is 39.8 Å². The molecule has 2 aliphatic rings. The Labute approximate surface area is 180 Å². The Morgan fingerprint density at radius 3 is 2.23 bits per heavy atom. The average Bonchev–Trinajstić information content (AvgIpc) is 2.67. The van der Waals surface area contributed by atoms with Crippen molar-refractivity contribution < 1.29 is 14.7 Å². The van der Waals surface area contributed by atoms with Gasteiger partial charge < -0.3 is 14.9 Å². The molecular weight excluding hydrogens is 378 g/mol. The number of phenolic OH excluding ortho intramolecular Hbond substituents is 1. The largest absolute Gasteiger partial charge is 0.508 e. The molecule has 2 fully saturated rings. The van der Waals surface area contributed by atoms with E-state index in [4.69, 9.17) is 0 Å². The van der Waals surface area contributed by atoms with Crippen LogP contribution in [0, 0.1) is 11.8 Å². The van der Waals surface area contributed by atoms with Gasteiger partial charge in [-0.3, -0.25) is 14.5 Å². The molecule has 6 heteroatoms. The SMILES string of the molecule is CC(C)CCN1C[C@@H]2CN(C)[C@@H](Cc3ccc(O)cc3)C(=O)N2[C@@H](CC(C)C)C1=O. The van der Waals surface area contributed by atoms with Gasteiger partial charge in [0.2, 0.25) is 11.8 Å². The molecule has 0 bridgehead atoms. The highest BCUT2D eigenvalue weighted by molar-refractivity contribution is 5.92. The van der Waals surface area contributed by atoms with Crippen LogP contribution in [0.25, 0.3) is 0 Å². The van der Waals surface area contributed by atoms with Crippen LogP contribution in [0.3, 0.4) is 0 Å². The molecule has 3 atom stereocenters. The summed E-state index contributed by atoms with van der Waals surface area (Å²) >= 11 is 0. The molecule has 2 saturated heterocycles. The predicted molar refractivity (Wildman–Crippen MR) is 118 cm³/mol. The van der Waals surface area contributed by atoms with Gasteiger partial charge in [-0.15, -0.1) is 0 Å². The molecule has 1 N–H and O–H groups in total. The number of rotatable bonds is 7. The number of benzene rings is 1. The summed E-state index contributed by atoms with van der Waals surface area (Å²) in [7, 11) is 2.01. The number of fused-ring (bicyclic) bond motifs is 1. The topological polar surface area (TPSA) is 64.1 Å². The number of piperazine rings is 2. The van der Waals surface area contributed by atoms with Crippen LogP contribution in [0.4, 0.5) is 0 Å². The lowest BCUT2D eigenvalue weighted by Crippen LogP contribution is -2.72. The standard InChI is InChI=1S/C24H37N3O3/c1-16(2)10-11-26-15-19-14-25(5)21(13-18-6-8-20(28)9-7-18)24(30)27(19)22(23(26)29)12-17(3)4/h6-9,16-17,19,21-22,28H,10-15H2,1-5H3/t19-,21-,22-/m0/s1. The third-order valence-electron chi connectivity index (χ3n) is 6.36. The van der Waals surface area contributed by atoms with Crippen LogP contribution in [0.2, 0.25) is 0 Å². The van der Waals surface area contributed by atoms with Crippen LogP contribution < -0.4 is 0 Å². The molecule has 2 amide bonds. The minimum Gasteiger partial charge on any atom is -0.508 e. The van der Waals surface area contributed by atoms with Crippen LogP contribution in [0.15, 0.2) is 24.3 Å². The molecule has 0 saturated carbocycles.